The minimum atomic E-state index is -0.163. The van der Waals surface area contributed by atoms with E-state index in [1.54, 1.807) is 12.1 Å². The van der Waals surface area contributed by atoms with Crippen LogP contribution in [0.4, 0.5) is 4.39 Å². The van der Waals surface area contributed by atoms with Gasteiger partial charge in [-0.3, -0.25) is 0 Å². The van der Waals surface area contributed by atoms with Gasteiger partial charge in [0.05, 0.1) is 0 Å². The van der Waals surface area contributed by atoms with Gasteiger partial charge in [-0.1, -0.05) is 32.6 Å². The van der Waals surface area contributed by atoms with Crippen LogP contribution in [0.1, 0.15) is 25.0 Å². The third-order valence-corrected chi connectivity index (χ3v) is 2.01. The second-order valence-corrected chi connectivity index (χ2v) is 3.59. The molecule has 0 aliphatic heterocycles. The van der Waals surface area contributed by atoms with E-state index < -0.39 is 0 Å². The van der Waals surface area contributed by atoms with Crippen LogP contribution in [0.15, 0.2) is 24.8 Å². The molecule has 2 heteroatoms. The first kappa shape index (κ1) is 10.9. The molecule has 0 saturated carbocycles. The third kappa shape index (κ3) is 2.96. The summed E-state index contributed by atoms with van der Waals surface area (Å²) in [5, 5.41) is 3.18. The molecule has 0 amide bonds. The molecule has 1 N–H and O–H groups in total. The Bertz CT molecular complexity index is 318. The molecule has 0 saturated heterocycles. The van der Waals surface area contributed by atoms with Gasteiger partial charge in [0.2, 0.25) is 0 Å². The van der Waals surface area contributed by atoms with E-state index in [4.69, 9.17) is 0 Å². The molecule has 1 aromatic carbocycles. The van der Waals surface area contributed by atoms with Crippen LogP contribution in [0.25, 0.3) is 6.08 Å². The number of rotatable bonds is 4. The summed E-state index contributed by atoms with van der Waals surface area (Å²) in [6.07, 6.45) is 1.72. The van der Waals surface area contributed by atoms with E-state index in [2.05, 4.69) is 11.9 Å². The van der Waals surface area contributed by atoms with Crippen molar-refractivity contribution in [1.82, 2.24) is 5.32 Å². The SMILES string of the molecule is C=Cc1ccc(F)c(CNC(C)C)c1. The second-order valence-electron chi connectivity index (χ2n) is 3.59. The largest absolute Gasteiger partial charge is 0.310 e. The average Bonchev–Trinajstić information content (AvgIpc) is 2.16. The predicted octanol–water partition coefficient (Wildman–Crippen LogP) is 2.97. The van der Waals surface area contributed by atoms with Gasteiger partial charge in [-0.15, -0.1) is 0 Å². The lowest BCUT2D eigenvalue weighted by Crippen LogP contribution is -2.22. The van der Waals surface area contributed by atoms with Gasteiger partial charge in [0.25, 0.3) is 0 Å². The summed E-state index contributed by atoms with van der Waals surface area (Å²) >= 11 is 0. The van der Waals surface area contributed by atoms with Gasteiger partial charge in [0, 0.05) is 18.2 Å². The molecule has 1 aromatic rings. The quantitative estimate of drug-likeness (QED) is 0.775. The monoisotopic (exact) mass is 193 g/mol. The number of halogens is 1. The van der Waals surface area contributed by atoms with Gasteiger partial charge in [-0.05, 0) is 17.7 Å². The first-order valence-electron chi connectivity index (χ1n) is 4.77. The van der Waals surface area contributed by atoms with E-state index in [1.807, 2.05) is 19.9 Å². The third-order valence-electron chi connectivity index (χ3n) is 2.01. The van der Waals surface area contributed by atoms with Crippen LogP contribution in [0, 0.1) is 5.82 Å². The number of benzene rings is 1. The summed E-state index contributed by atoms with van der Waals surface area (Å²) in [6.45, 7) is 8.29. The van der Waals surface area contributed by atoms with E-state index in [-0.39, 0.29) is 5.82 Å². The molecule has 1 rings (SSSR count). The molecule has 0 aromatic heterocycles. The highest BCUT2D eigenvalue weighted by molar-refractivity contribution is 5.48. The lowest BCUT2D eigenvalue weighted by molar-refractivity contribution is 0.553. The maximum absolute atomic E-state index is 13.3. The summed E-state index contributed by atoms with van der Waals surface area (Å²) in [5.74, 6) is -0.163. The Balaban J connectivity index is 2.78. The maximum atomic E-state index is 13.3. The fourth-order valence-corrected chi connectivity index (χ4v) is 1.17. The molecule has 14 heavy (non-hydrogen) atoms. The zero-order valence-electron chi connectivity index (χ0n) is 8.68. The lowest BCUT2D eigenvalue weighted by atomic mass is 10.1. The lowest BCUT2D eigenvalue weighted by Gasteiger charge is -2.09. The molecular formula is C12H16FN. The standard InChI is InChI=1S/C12H16FN/c1-4-10-5-6-12(13)11(7-10)8-14-9(2)3/h4-7,9,14H,1,8H2,2-3H3. The normalized spacial score (nSPS) is 10.6. The molecule has 76 valence electrons. The van der Waals surface area contributed by atoms with Crippen LogP contribution in [0.2, 0.25) is 0 Å². The highest BCUT2D eigenvalue weighted by Gasteiger charge is 2.02. The molecule has 0 aliphatic carbocycles. The Kier molecular flexibility index (Phi) is 3.84. The van der Waals surface area contributed by atoms with Crippen molar-refractivity contribution in [3.8, 4) is 0 Å². The number of hydrogen-bond acceptors (Lipinski definition) is 1. The summed E-state index contributed by atoms with van der Waals surface area (Å²) in [4.78, 5) is 0. The molecule has 0 heterocycles. The van der Waals surface area contributed by atoms with E-state index in [0.717, 1.165) is 5.56 Å². The Hall–Kier alpha value is -1.15. The Morgan fingerprint density at radius 1 is 1.50 bits per heavy atom. The molecule has 0 bridgehead atoms. The van der Waals surface area contributed by atoms with Crippen molar-refractivity contribution < 1.29 is 4.39 Å². The van der Waals surface area contributed by atoms with E-state index in [1.165, 1.54) is 6.07 Å². The van der Waals surface area contributed by atoms with Crippen LogP contribution in [0.3, 0.4) is 0 Å². The Morgan fingerprint density at radius 2 is 2.21 bits per heavy atom. The number of nitrogens with one attached hydrogen (secondary N) is 1. The molecule has 1 nitrogen and oxygen atoms in total. The van der Waals surface area contributed by atoms with Gasteiger partial charge in [-0.2, -0.15) is 0 Å². The first-order valence-corrected chi connectivity index (χ1v) is 4.77. The summed E-state index contributed by atoms with van der Waals surface area (Å²) in [5.41, 5.74) is 1.64. The van der Waals surface area contributed by atoms with Gasteiger partial charge in [0.1, 0.15) is 5.82 Å². The van der Waals surface area contributed by atoms with Crippen LogP contribution in [-0.2, 0) is 6.54 Å². The van der Waals surface area contributed by atoms with Crippen molar-refractivity contribution in [2.24, 2.45) is 0 Å². The van der Waals surface area contributed by atoms with E-state index in [0.29, 0.717) is 18.2 Å². The van der Waals surface area contributed by atoms with Crippen molar-refractivity contribution in [2.45, 2.75) is 26.4 Å². The summed E-state index contributed by atoms with van der Waals surface area (Å²) < 4.78 is 13.3. The molecule has 0 unspecified atom stereocenters. The predicted molar refractivity (Wildman–Crippen MR) is 58.5 cm³/mol. The minimum absolute atomic E-state index is 0.163. The van der Waals surface area contributed by atoms with Crippen molar-refractivity contribution in [3.05, 3.63) is 41.7 Å². The number of hydrogen-bond donors (Lipinski definition) is 1. The summed E-state index contributed by atoms with van der Waals surface area (Å²) in [7, 11) is 0. The van der Waals surface area contributed by atoms with Crippen LogP contribution >= 0.6 is 0 Å². The van der Waals surface area contributed by atoms with Crippen molar-refractivity contribution >= 4 is 6.08 Å². The summed E-state index contributed by atoms with van der Waals surface area (Å²) in [6, 6.07) is 5.38. The Morgan fingerprint density at radius 3 is 2.79 bits per heavy atom. The average molecular weight is 193 g/mol. The molecule has 0 atom stereocenters. The first-order chi connectivity index (χ1) is 6.63. The molecule has 0 fully saturated rings. The van der Waals surface area contributed by atoms with Gasteiger partial charge in [0.15, 0.2) is 0 Å². The molecular weight excluding hydrogens is 177 g/mol. The second kappa shape index (κ2) is 4.91. The van der Waals surface area contributed by atoms with Gasteiger partial charge < -0.3 is 5.32 Å². The maximum Gasteiger partial charge on any atom is 0.127 e. The van der Waals surface area contributed by atoms with Crippen molar-refractivity contribution in [1.29, 1.82) is 0 Å². The van der Waals surface area contributed by atoms with Crippen molar-refractivity contribution in [2.75, 3.05) is 0 Å². The van der Waals surface area contributed by atoms with Crippen molar-refractivity contribution in [3.63, 3.8) is 0 Å². The van der Waals surface area contributed by atoms with E-state index >= 15 is 0 Å². The van der Waals surface area contributed by atoms with Gasteiger partial charge in [-0.25, -0.2) is 4.39 Å². The zero-order valence-corrected chi connectivity index (χ0v) is 8.68. The minimum Gasteiger partial charge on any atom is -0.310 e. The van der Waals surface area contributed by atoms with E-state index in [9.17, 15) is 4.39 Å². The zero-order chi connectivity index (χ0) is 10.6. The van der Waals surface area contributed by atoms with Crippen LogP contribution < -0.4 is 5.32 Å². The van der Waals surface area contributed by atoms with Gasteiger partial charge >= 0.3 is 0 Å². The van der Waals surface area contributed by atoms with Crippen LogP contribution in [0.5, 0.6) is 0 Å². The fourth-order valence-electron chi connectivity index (χ4n) is 1.17. The molecule has 0 spiro atoms. The topological polar surface area (TPSA) is 12.0 Å². The van der Waals surface area contributed by atoms with Crippen LogP contribution in [-0.4, -0.2) is 6.04 Å². The molecule has 0 radical (unpaired) electrons. The smallest absolute Gasteiger partial charge is 0.127 e. The fraction of sp³-hybridized carbons (Fsp3) is 0.333. The highest BCUT2D eigenvalue weighted by Crippen LogP contribution is 2.11. The molecule has 0 aliphatic rings. The highest BCUT2D eigenvalue weighted by atomic mass is 19.1. The Labute approximate surface area is 84.6 Å².